The monoisotopic (exact) mass is 378 g/mol. The number of rotatable bonds is 7. The Morgan fingerprint density at radius 2 is 1.89 bits per heavy atom. The Bertz CT molecular complexity index is 368. The van der Waals surface area contributed by atoms with E-state index >= 15 is 0 Å². The number of nitrogens with zero attached hydrogens (tertiary/aromatic N) is 2. The second-order valence-corrected chi connectivity index (χ2v) is 6.38. The molecular formula is C14H24Br2N2. The summed E-state index contributed by atoms with van der Waals surface area (Å²) in [6, 6.07) is 2.27. The molecule has 104 valence electrons. The zero-order valence-corrected chi connectivity index (χ0v) is 15.0. The van der Waals surface area contributed by atoms with Gasteiger partial charge in [0.2, 0.25) is 0 Å². The Morgan fingerprint density at radius 3 is 2.28 bits per heavy atom. The van der Waals surface area contributed by atoms with Crippen molar-refractivity contribution in [3.63, 3.8) is 0 Å². The number of hydrogen-bond donors (Lipinski definition) is 0. The zero-order valence-electron chi connectivity index (χ0n) is 11.8. The first kappa shape index (κ1) is 16.2. The van der Waals surface area contributed by atoms with Crippen LogP contribution in [0.25, 0.3) is 0 Å². The average Bonchev–Trinajstić information content (AvgIpc) is 2.77. The van der Waals surface area contributed by atoms with E-state index < -0.39 is 0 Å². The van der Waals surface area contributed by atoms with Crippen molar-refractivity contribution in [2.75, 3.05) is 10.7 Å². The summed E-state index contributed by atoms with van der Waals surface area (Å²) in [4.78, 5) is 0. The van der Waals surface area contributed by atoms with Gasteiger partial charge < -0.3 is 0 Å². The fourth-order valence-electron chi connectivity index (χ4n) is 2.11. The molecule has 0 amide bonds. The van der Waals surface area contributed by atoms with Crippen molar-refractivity contribution in [2.24, 2.45) is 11.3 Å². The highest BCUT2D eigenvalue weighted by Gasteiger charge is 2.33. The third-order valence-electron chi connectivity index (χ3n) is 3.87. The summed E-state index contributed by atoms with van der Waals surface area (Å²) in [5.41, 5.74) is 2.83. The predicted octanol–water partition coefficient (Wildman–Crippen LogP) is 4.44. The molecule has 0 aromatic carbocycles. The summed E-state index contributed by atoms with van der Waals surface area (Å²) in [6.45, 7) is 9.88. The van der Waals surface area contributed by atoms with Crippen LogP contribution in [-0.4, -0.2) is 20.4 Å². The normalized spacial score (nSPS) is 12.4. The lowest BCUT2D eigenvalue weighted by molar-refractivity contribution is 0.261. The van der Waals surface area contributed by atoms with Crippen LogP contribution in [0.5, 0.6) is 0 Å². The fourth-order valence-corrected chi connectivity index (χ4v) is 4.73. The molecule has 0 aliphatic carbocycles. The summed E-state index contributed by atoms with van der Waals surface area (Å²) in [5.74, 6) is 0.626. The molecule has 0 fully saturated rings. The van der Waals surface area contributed by atoms with Gasteiger partial charge in [0.1, 0.15) is 0 Å². The molecule has 0 saturated heterocycles. The van der Waals surface area contributed by atoms with Gasteiger partial charge in [-0.25, -0.2) is 0 Å². The first-order valence-corrected chi connectivity index (χ1v) is 8.94. The molecule has 1 heterocycles. The van der Waals surface area contributed by atoms with Crippen LogP contribution in [0.15, 0.2) is 6.07 Å². The van der Waals surface area contributed by atoms with Gasteiger partial charge in [-0.05, 0) is 37.2 Å². The van der Waals surface area contributed by atoms with Crippen LogP contribution in [0.3, 0.4) is 0 Å². The van der Waals surface area contributed by atoms with Crippen molar-refractivity contribution in [3.8, 4) is 0 Å². The van der Waals surface area contributed by atoms with E-state index in [9.17, 15) is 0 Å². The lowest BCUT2D eigenvalue weighted by Crippen LogP contribution is -2.34. The topological polar surface area (TPSA) is 17.8 Å². The van der Waals surface area contributed by atoms with Gasteiger partial charge in [-0.15, -0.1) is 0 Å². The number of aryl methyl sites for hydroxylation is 2. The molecule has 0 unspecified atom stereocenters. The number of aromatic nitrogens is 2. The van der Waals surface area contributed by atoms with Gasteiger partial charge in [0.15, 0.2) is 0 Å². The maximum absolute atomic E-state index is 4.65. The summed E-state index contributed by atoms with van der Waals surface area (Å²) in [5, 5.41) is 6.67. The van der Waals surface area contributed by atoms with Crippen molar-refractivity contribution < 1.29 is 0 Å². The Balaban J connectivity index is 3.03. The fraction of sp³-hybridized carbons (Fsp3) is 0.786. The molecule has 1 rings (SSSR count). The van der Waals surface area contributed by atoms with E-state index in [2.05, 4.69) is 75.4 Å². The second kappa shape index (κ2) is 7.09. The van der Waals surface area contributed by atoms with Crippen molar-refractivity contribution >= 4 is 31.9 Å². The zero-order chi connectivity index (χ0) is 13.8. The van der Waals surface area contributed by atoms with Crippen LogP contribution in [0.4, 0.5) is 0 Å². The summed E-state index contributed by atoms with van der Waals surface area (Å²) in [7, 11) is 0. The van der Waals surface area contributed by atoms with Gasteiger partial charge in [0, 0.05) is 22.9 Å². The predicted molar refractivity (Wildman–Crippen MR) is 85.8 cm³/mol. The molecule has 0 aliphatic heterocycles. The first-order chi connectivity index (χ1) is 8.52. The quantitative estimate of drug-likeness (QED) is 0.640. The highest BCUT2D eigenvalue weighted by molar-refractivity contribution is 9.09. The highest BCUT2D eigenvalue weighted by Crippen LogP contribution is 2.36. The molecule has 0 bridgehead atoms. The van der Waals surface area contributed by atoms with Crippen molar-refractivity contribution in [2.45, 2.75) is 47.1 Å². The van der Waals surface area contributed by atoms with E-state index in [0.29, 0.717) is 5.92 Å². The lowest BCUT2D eigenvalue weighted by Gasteiger charge is -2.34. The largest absolute Gasteiger partial charge is 0.270 e. The van der Waals surface area contributed by atoms with Gasteiger partial charge in [-0.3, -0.25) is 4.68 Å². The summed E-state index contributed by atoms with van der Waals surface area (Å²) >= 11 is 7.40. The van der Waals surface area contributed by atoms with Crippen LogP contribution in [0, 0.1) is 11.3 Å². The maximum atomic E-state index is 4.65. The smallest absolute Gasteiger partial charge is 0.0624 e. The van der Waals surface area contributed by atoms with E-state index in [1.165, 1.54) is 11.4 Å². The number of halogens is 2. The molecule has 0 N–H and O–H groups in total. The minimum atomic E-state index is 0.262. The van der Waals surface area contributed by atoms with Crippen molar-refractivity contribution in [3.05, 3.63) is 17.5 Å². The molecule has 18 heavy (non-hydrogen) atoms. The van der Waals surface area contributed by atoms with Gasteiger partial charge >= 0.3 is 0 Å². The SMILES string of the molecule is CCc1cc(CC(CBr)(CBr)C(C)C)n(CC)n1. The van der Waals surface area contributed by atoms with Crippen LogP contribution in [0.2, 0.25) is 0 Å². The minimum Gasteiger partial charge on any atom is -0.270 e. The molecule has 1 aromatic rings. The van der Waals surface area contributed by atoms with E-state index in [0.717, 1.165) is 30.0 Å². The van der Waals surface area contributed by atoms with Gasteiger partial charge in [0.25, 0.3) is 0 Å². The van der Waals surface area contributed by atoms with Crippen molar-refractivity contribution in [1.82, 2.24) is 9.78 Å². The summed E-state index contributed by atoms with van der Waals surface area (Å²) < 4.78 is 2.15. The number of hydrogen-bond acceptors (Lipinski definition) is 1. The molecular weight excluding hydrogens is 356 g/mol. The van der Waals surface area contributed by atoms with Crippen LogP contribution in [-0.2, 0) is 19.4 Å². The first-order valence-electron chi connectivity index (χ1n) is 6.70. The van der Waals surface area contributed by atoms with Crippen LogP contribution in [0.1, 0.15) is 39.1 Å². The van der Waals surface area contributed by atoms with E-state index in [1.54, 1.807) is 0 Å². The molecule has 0 radical (unpaired) electrons. The second-order valence-electron chi connectivity index (χ2n) is 5.26. The Hall–Kier alpha value is 0.170. The summed E-state index contributed by atoms with van der Waals surface area (Å²) in [6.07, 6.45) is 2.08. The van der Waals surface area contributed by atoms with Gasteiger partial charge in [-0.1, -0.05) is 52.6 Å². The van der Waals surface area contributed by atoms with Crippen LogP contribution < -0.4 is 0 Å². The van der Waals surface area contributed by atoms with Gasteiger partial charge in [-0.2, -0.15) is 5.10 Å². The van der Waals surface area contributed by atoms with Crippen LogP contribution >= 0.6 is 31.9 Å². The highest BCUT2D eigenvalue weighted by atomic mass is 79.9. The third-order valence-corrected chi connectivity index (χ3v) is 6.10. The van der Waals surface area contributed by atoms with E-state index in [-0.39, 0.29) is 5.41 Å². The lowest BCUT2D eigenvalue weighted by atomic mass is 9.77. The molecule has 0 spiro atoms. The van der Waals surface area contributed by atoms with E-state index in [4.69, 9.17) is 0 Å². The minimum absolute atomic E-state index is 0.262. The molecule has 0 saturated carbocycles. The van der Waals surface area contributed by atoms with Gasteiger partial charge in [0.05, 0.1) is 5.69 Å². The standard InChI is InChI=1S/C14H24Br2N2/c1-5-12-7-13(18(6-2)17-12)8-14(9-15,10-16)11(3)4/h7,11H,5-6,8-10H2,1-4H3. The Kier molecular flexibility index (Phi) is 6.39. The average molecular weight is 380 g/mol. The molecule has 4 heteroatoms. The molecule has 0 aliphatic rings. The molecule has 2 nitrogen and oxygen atoms in total. The Labute approximate surface area is 128 Å². The van der Waals surface area contributed by atoms with E-state index in [1.807, 2.05) is 0 Å². The molecule has 1 aromatic heterocycles. The third kappa shape index (κ3) is 3.38. The number of alkyl halides is 2. The molecule has 0 atom stereocenters. The maximum Gasteiger partial charge on any atom is 0.0624 e. The Morgan fingerprint density at radius 1 is 1.28 bits per heavy atom. The van der Waals surface area contributed by atoms with Crippen molar-refractivity contribution in [1.29, 1.82) is 0 Å².